The van der Waals surface area contributed by atoms with E-state index in [0.29, 0.717) is 16.3 Å². The summed E-state index contributed by atoms with van der Waals surface area (Å²) in [5.41, 5.74) is 1.24. The van der Waals surface area contributed by atoms with E-state index < -0.39 is 0 Å². The second-order valence-electron chi connectivity index (χ2n) is 5.35. The lowest BCUT2D eigenvalue weighted by Crippen LogP contribution is -2.13. The van der Waals surface area contributed by atoms with Gasteiger partial charge in [0.25, 0.3) is 0 Å². The van der Waals surface area contributed by atoms with Crippen molar-refractivity contribution in [1.29, 1.82) is 0 Å². The molecule has 0 aliphatic carbocycles. The minimum atomic E-state index is -0.0657. The third kappa shape index (κ3) is 4.90. The van der Waals surface area contributed by atoms with E-state index in [1.165, 1.54) is 22.8 Å². The first-order valence-electron chi connectivity index (χ1n) is 7.61. The standard InChI is InChI=1S/C18H13Br2N3O2S/c19-14-5-1-12(2-6-14)16(24)9-23-18(21-11-22-23)26-10-17(25)13-3-7-15(20)8-4-13/h1-8,11H,9-10H2. The molecule has 0 bridgehead atoms. The highest BCUT2D eigenvalue weighted by Crippen LogP contribution is 2.19. The Hall–Kier alpha value is -1.77. The van der Waals surface area contributed by atoms with Crippen LogP contribution in [0.25, 0.3) is 0 Å². The van der Waals surface area contributed by atoms with Crippen molar-refractivity contribution in [3.05, 3.63) is 74.9 Å². The molecule has 8 heteroatoms. The zero-order valence-corrected chi connectivity index (χ0v) is 17.4. The van der Waals surface area contributed by atoms with Crippen molar-refractivity contribution in [2.75, 3.05) is 5.75 Å². The number of ketones is 2. The number of hydrogen-bond donors (Lipinski definition) is 0. The van der Waals surface area contributed by atoms with E-state index in [2.05, 4.69) is 41.9 Å². The van der Waals surface area contributed by atoms with Gasteiger partial charge in [0.1, 0.15) is 12.9 Å². The Labute approximate surface area is 171 Å². The van der Waals surface area contributed by atoms with Crippen molar-refractivity contribution in [1.82, 2.24) is 14.8 Å². The number of thioether (sulfide) groups is 1. The minimum Gasteiger partial charge on any atom is -0.293 e. The van der Waals surface area contributed by atoms with Crippen LogP contribution in [-0.2, 0) is 6.54 Å². The zero-order chi connectivity index (χ0) is 18.5. The molecule has 0 saturated heterocycles. The first kappa shape index (κ1) is 19.0. The summed E-state index contributed by atoms with van der Waals surface area (Å²) in [6, 6.07) is 14.4. The number of carbonyl (C=O) groups is 2. The van der Waals surface area contributed by atoms with Gasteiger partial charge in [-0.05, 0) is 24.3 Å². The predicted octanol–water partition coefficient (Wildman–Crippen LogP) is 4.66. The molecule has 2 aromatic carbocycles. The van der Waals surface area contributed by atoms with Crippen molar-refractivity contribution < 1.29 is 9.59 Å². The molecular weight excluding hydrogens is 482 g/mol. The van der Waals surface area contributed by atoms with E-state index in [1.807, 2.05) is 24.3 Å². The van der Waals surface area contributed by atoms with E-state index in [-0.39, 0.29) is 23.9 Å². The van der Waals surface area contributed by atoms with Gasteiger partial charge in [-0.1, -0.05) is 67.9 Å². The molecule has 0 aliphatic heterocycles. The number of carbonyl (C=O) groups excluding carboxylic acids is 2. The lowest BCUT2D eigenvalue weighted by molar-refractivity contribution is 0.0963. The molecule has 0 unspecified atom stereocenters. The number of nitrogens with zero attached hydrogens (tertiary/aromatic N) is 3. The average Bonchev–Trinajstić information content (AvgIpc) is 3.08. The van der Waals surface area contributed by atoms with E-state index in [0.717, 1.165) is 8.95 Å². The van der Waals surface area contributed by atoms with Crippen LogP contribution in [0.1, 0.15) is 20.7 Å². The smallest absolute Gasteiger partial charge is 0.186 e. The Kier molecular flexibility index (Phi) is 6.39. The Morgan fingerprint density at radius 1 is 0.885 bits per heavy atom. The van der Waals surface area contributed by atoms with Crippen molar-refractivity contribution >= 4 is 55.2 Å². The summed E-state index contributed by atoms with van der Waals surface area (Å²) < 4.78 is 3.36. The van der Waals surface area contributed by atoms with Crippen LogP contribution in [0.2, 0.25) is 0 Å². The highest BCUT2D eigenvalue weighted by Gasteiger charge is 2.14. The molecule has 0 N–H and O–H groups in total. The third-order valence-electron chi connectivity index (χ3n) is 3.54. The highest BCUT2D eigenvalue weighted by atomic mass is 79.9. The zero-order valence-electron chi connectivity index (χ0n) is 13.4. The van der Waals surface area contributed by atoms with Gasteiger partial charge in [0.05, 0.1) is 5.75 Å². The fourth-order valence-electron chi connectivity index (χ4n) is 2.19. The summed E-state index contributed by atoms with van der Waals surface area (Å²) in [4.78, 5) is 28.8. The van der Waals surface area contributed by atoms with Crippen molar-refractivity contribution in [3.8, 4) is 0 Å². The number of rotatable bonds is 7. The van der Waals surface area contributed by atoms with Crippen molar-refractivity contribution in [3.63, 3.8) is 0 Å². The first-order valence-corrected chi connectivity index (χ1v) is 10.2. The monoisotopic (exact) mass is 493 g/mol. The summed E-state index contributed by atoms with van der Waals surface area (Å²) in [5.74, 6) is 0.160. The first-order chi connectivity index (χ1) is 12.5. The second kappa shape index (κ2) is 8.75. The highest BCUT2D eigenvalue weighted by molar-refractivity contribution is 9.10. The molecule has 3 rings (SSSR count). The fourth-order valence-corrected chi connectivity index (χ4v) is 3.52. The maximum absolute atomic E-state index is 12.4. The van der Waals surface area contributed by atoms with Crippen LogP contribution in [0.15, 0.2) is 69.0 Å². The normalized spacial score (nSPS) is 10.7. The predicted molar refractivity (Wildman–Crippen MR) is 108 cm³/mol. The molecule has 0 radical (unpaired) electrons. The Morgan fingerprint density at radius 2 is 1.42 bits per heavy atom. The van der Waals surface area contributed by atoms with E-state index >= 15 is 0 Å². The molecule has 3 aromatic rings. The molecule has 0 spiro atoms. The van der Waals surface area contributed by atoms with Crippen molar-refractivity contribution in [2.24, 2.45) is 0 Å². The second-order valence-corrected chi connectivity index (χ2v) is 8.12. The average molecular weight is 495 g/mol. The van der Waals surface area contributed by atoms with Gasteiger partial charge in [-0.25, -0.2) is 9.67 Å². The SMILES string of the molecule is O=C(CSc1ncnn1CC(=O)c1ccc(Br)cc1)c1ccc(Br)cc1. The summed E-state index contributed by atoms with van der Waals surface area (Å²) in [7, 11) is 0. The van der Waals surface area contributed by atoms with Gasteiger partial charge in [0.15, 0.2) is 16.7 Å². The molecule has 0 fully saturated rings. The summed E-state index contributed by atoms with van der Waals surface area (Å²) in [5, 5.41) is 4.64. The summed E-state index contributed by atoms with van der Waals surface area (Å²) in [6.07, 6.45) is 1.39. The van der Waals surface area contributed by atoms with Crippen LogP contribution in [0, 0.1) is 0 Å². The lowest BCUT2D eigenvalue weighted by Gasteiger charge is -2.06. The molecule has 132 valence electrons. The summed E-state index contributed by atoms with van der Waals surface area (Å²) in [6.45, 7) is 0.0798. The molecule has 1 aromatic heterocycles. The molecular formula is C18H13Br2N3O2S. The largest absolute Gasteiger partial charge is 0.293 e. The molecule has 0 amide bonds. The van der Waals surface area contributed by atoms with Gasteiger partial charge in [-0.3, -0.25) is 9.59 Å². The van der Waals surface area contributed by atoms with Crippen LogP contribution in [0.5, 0.6) is 0 Å². The maximum Gasteiger partial charge on any atom is 0.186 e. The Bertz CT molecular complexity index is 924. The van der Waals surface area contributed by atoms with Crippen LogP contribution >= 0.6 is 43.6 Å². The third-order valence-corrected chi connectivity index (χ3v) is 5.58. The summed E-state index contributed by atoms with van der Waals surface area (Å²) >= 11 is 7.96. The van der Waals surface area contributed by atoms with Crippen LogP contribution in [-0.4, -0.2) is 32.1 Å². The van der Waals surface area contributed by atoms with Crippen LogP contribution in [0.3, 0.4) is 0 Å². The van der Waals surface area contributed by atoms with Gasteiger partial charge in [-0.2, -0.15) is 5.10 Å². The number of hydrogen-bond acceptors (Lipinski definition) is 5. The molecule has 0 atom stereocenters. The van der Waals surface area contributed by atoms with E-state index in [1.54, 1.807) is 24.3 Å². The molecule has 1 heterocycles. The lowest BCUT2D eigenvalue weighted by atomic mass is 10.1. The van der Waals surface area contributed by atoms with Crippen LogP contribution < -0.4 is 0 Å². The van der Waals surface area contributed by atoms with Crippen molar-refractivity contribution in [2.45, 2.75) is 11.7 Å². The molecule has 26 heavy (non-hydrogen) atoms. The topological polar surface area (TPSA) is 64.8 Å². The fraction of sp³-hybridized carbons (Fsp3) is 0.111. The Balaban J connectivity index is 1.63. The minimum absolute atomic E-state index is 0.00344. The maximum atomic E-state index is 12.4. The molecule has 5 nitrogen and oxygen atoms in total. The van der Waals surface area contributed by atoms with Gasteiger partial charge < -0.3 is 0 Å². The quantitative estimate of drug-likeness (QED) is 0.353. The number of aromatic nitrogens is 3. The van der Waals surface area contributed by atoms with Crippen LogP contribution in [0.4, 0.5) is 0 Å². The molecule has 0 saturated carbocycles. The van der Waals surface area contributed by atoms with E-state index in [4.69, 9.17) is 0 Å². The van der Waals surface area contributed by atoms with Gasteiger partial charge in [-0.15, -0.1) is 0 Å². The molecule has 0 aliphatic rings. The van der Waals surface area contributed by atoms with Gasteiger partial charge in [0.2, 0.25) is 0 Å². The van der Waals surface area contributed by atoms with Gasteiger partial charge >= 0.3 is 0 Å². The number of halogens is 2. The number of benzene rings is 2. The van der Waals surface area contributed by atoms with Gasteiger partial charge in [0, 0.05) is 20.1 Å². The number of Topliss-reactive ketones (excluding diaryl/α,β-unsaturated/α-hetero) is 2. The van der Waals surface area contributed by atoms with E-state index in [9.17, 15) is 9.59 Å². The Morgan fingerprint density at radius 3 is 2.00 bits per heavy atom.